The number of amidine groups is 1. The number of ether oxygens (including phenoxy) is 1. The van der Waals surface area contributed by atoms with E-state index in [1.54, 1.807) is 18.9 Å². The molecule has 1 atom stereocenters. The van der Waals surface area contributed by atoms with Crippen LogP contribution in [0, 0.1) is 0 Å². The van der Waals surface area contributed by atoms with Gasteiger partial charge in [0.2, 0.25) is 0 Å². The van der Waals surface area contributed by atoms with E-state index >= 15 is 0 Å². The lowest BCUT2D eigenvalue weighted by atomic mass is 10.0. The number of aliphatic imine (C=N–C) groups is 1. The second-order valence-electron chi connectivity index (χ2n) is 6.34. The Hall–Kier alpha value is -2.24. The highest BCUT2D eigenvalue weighted by Gasteiger charge is 2.19. The molecular formula is C20H21N3OS. The highest BCUT2D eigenvalue weighted by Crippen LogP contribution is 2.38. The quantitative estimate of drug-likeness (QED) is 0.751. The number of nitrogens with one attached hydrogen (secondary N) is 2. The van der Waals surface area contributed by atoms with Crippen LogP contribution < -0.4 is 10.9 Å². The molecule has 0 fully saturated rings. The maximum atomic E-state index is 5.13. The number of hydrazine groups is 1. The summed E-state index contributed by atoms with van der Waals surface area (Å²) in [5.74, 6) is 0. The zero-order valence-electron chi connectivity index (χ0n) is 14.4. The molecule has 0 saturated heterocycles. The summed E-state index contributed by atoms with van der Waals surface area (Å²) in [6.07, 6.45) is 1.03. The Balaban J connectivity index is 1.56. The molecule has 5 heteroatoms. The molecule has 4 rings (SSSR count). The molecule has 1 aliphatic carbocycles. The van der Waals surface area contributed by atoms with E-state index in [4.69, 9.17) is 4.74 Å². The van der Waals surface area contributed by atoms with Gasteiger partial charge < -0.3 is 4.74 Å². The Kier molecular flexibility index (Phi) is 4.51. The molecule has 0 radical (unpaired) electrons. The van der Waals surface area contributed by atoms with Crippen molar-refractivity contribution in [2.75, 3.05) is 13.7 Å². The average Bonchev–Trinajstić information content (AvgIpc) is 3.00. The number of thioether (sulfide) groups is 1. The maximum absolute atomic E-state index is 5.13. The zero-order valence-corrected chi connectivity index (χ0v) is 15.2. The van der Waals surface area contributed by atoms with Gasteiger partial charge in [-0.15, -0.1) is 0 Å². The van der Waals surface area contributed by atoms with Gasteiger partial charge in [-0.2, -0.15) is 0 Å². The van der Waals surface area contributed by atoms with Gasteiger partial charge in [0.1, 0.15) is 0 Å². The first-order valence-corrected chi connectivity index (χ1v) is 9.29. The van der Waals surface area contributed by atoms with E-state index in [0.29, 0.717) is 6.61 Å². The first-order chi connectivity index (χ1) is 12.2. The van der Waals surface area contributed by atoms with Gasteiger partial charge in [-0.25, -0.2) is 0 Å². The minimum absolute atomic E-state index is 0.133. The second kappa shape index (κ2) is 6.94. The van der Waals surface area contributed by atoms with E-state index in [0.717, 1.165) is 17.3 Å². The Morgan fingerprint density at radius 1 is 1.12 bits per heavy atom. The van der Waals surface area contributed by atoms with Crippen molar-refractivity contribution in [3.63, 3.8) is 0 Å². The van der Waals surface area contributed by atoms with Gasteiger partial charge >= 0.3 is 0 Å². The van der Waals surface area contributed by atoms with Crippen LogP contribution in [-0.2, 0) is 11.2 Å². The fraction of sp³-hybridized carbons (Fsp3) is 0.250. The average molecular weight is 351 g/mol. The SMILES string of the molecule is COC[C@H](C)N=C1NNC(c2ccc3c(c2)-c2ccccc2C3)=CS1. The molecule has 4 nitrogen and oxygen atoms in total. The molecule has 0 amide bonds. The van der Waals surface area contributed by atoms with Gasteiger partial charge in [0.25, 0.3) is 0 Å². The standard InChI is InChI=1S/C20H21N3OS/c1-13(11-24-2)21-20-23-22-19(12-25-20)16-8-7-15-9-14-5-3-4-6-17(14)18(15)10-16/h3-8,10,12-13,22H,9,11H2,1-2H3,(H,21,23)/t13-/m0/s1. The number of rotatable bonds is 4. The first-order valence-electron chi connectivity index (χ1n) is 8.42. The monoisotopic (exact) mass is 351 g/mol. The van der Waals surface area contributed by atoms with Crippen LogP contribution in [0.5, 0.6) is 0 Å². The fourth-order valence-electron chi connectivity index (χ4n) is 3.27. The number of hydrogen-bond acceptors (Lipinski definition) is 4. The molecule has 0 bridgehead atoms. The van der Waals surface area contributed by atoms with Gasteiger partial charge in [0.15, 0.2) is 5.17 Å². The van der Waals surface area contributed by atoms with E-state index < -0.39 is 0 Å². The number of nitrogens with zero attached hydrogens (tertiary/aromatic N) is 1. The normalized spacial score (nSPS) is 18.0. The number of methoxy groups -OCH3 is 1. The summed E-state index contributed by atoms with van der Waals surface area (Å²) in [4.78, 5) is 4.58. The molecule has 1 heterocycles. The van der Waals surface area contributed by atoms with E-state index in [9.17, 15) is 0 Å². The van der Waals surface area contributed by atoms with Gasteiger partial charge in [0, 0.05) is 18.1 Å². The van der Waals surface area contributed by atoms with E-state index in [2.05, 4.69) is 63.7 Å². The highest BCUT2D eigenvalue weighted by molar-refractivity contribution is 8.16. The van der Waals surface area contributed by atoms with Gasteiger partial charge in [-0.1, -0.05) is 48.2 Å². The third-order valence-corrected chi connectivity index (χ3v) is 5.23. The fourth-order valence-corrected chi connectivity index (χ4v) is 4.04. The molecule has 0 spiro atoms. The van der Waals surface area contributed by atoms with Crippen LogP contribution in [0.15, 0.2) is 52.9 Å². The number of benzene rings is 2. The molecule has 2 aliphatic rings. The van der Waals surface area contributed by atoms with Crippen LogP contribution in [0.1, 0.15) is 23.6 Å². The van der Waals surface area contributed by atoms with Crippen LogP contribution in [0.4, 0.5) is 0 Å². The van der Waals surface area contributed by atoms with E-state index in [1.165, 1.54) is 27.8 Å². The summed E-state index contributed by atoms with van der Waals surface area (Å²) in [5.41, 5.74) is 14.2. The molecule has 0 saturated carbocycles. The van der Waals surface area contributed by atoms with Crippen molar-refractivity contribution in [3.05, 3.63) is 64.6 Å². The summed E-state index contributed by atoms with van der Waals surface area (Å²) in [6, 6.07) is 15.5. The highest BCUT2D eigenvalue weighted by atomic mass is 32.2. The van der Waals surface area contributed by atoms with E-state index in [1.807, 2.05) is 6.92 Å². The lowest BCUT2D eigenvalue weighted by Gasteiger charge is -2.20. The van der Waals surface area contributed by atoms with Crippen LogP contribution in [-0.4, -0.2) is 24.9 Å². The molecule has 2 aromatic carbocycles. The van der Waals surface area contributed by atoms with Crippen LogP contribution >= 0.6 is 11.8 Å². The predicted molar refractivity (Wildman–Crippen MR) is 105 cm³/mol. The van der Waals surface area contributed by atoms with Crippen molar-refractivity contribution in [1.82, 2.24) is 10.9 Å². The van der Waals surface area contributed by atoms with Crippen molar-refractivity contribution in [2.24, 2.45) is 4.99 Å². The Labute approximate surface area is 152 Å². The van der Waals surface area contributed by atoms with E-state index in [-0.39, 0.29) is 6.04 Å². The maximum Gasteiger partial charge on any atom is 0.180 e. The molecular weight excluding hydrogens is 330 g/mol. The van der Waals surface area contributed by atoms with Gasteiger partial charge in [0.05, 0.1) is 18.3 Å². The summed E-state index contributed by atoms with van der Waals surface area (Å²) >= 11 is 1.60. The molecule has 0 unspecified atom stereocenters. The second-order valence-corrected chi connectivity index (χ2v) is 7.20. The summed E-state index contributed by atoms with van der Waals surface area (Å²) in [6.45, 7) is 2.66. The minimum atomic E-state index is 0.133. The molecule has 128 valence electrons. The van der Waals surface area contributed by atoms with Crippen LogP contribution in [0.25, 0.3) is 16.8 Å². The third-order valence-electron chi connectivity index (χ3n) is 4.45. The van der Waals surface area contributed by atoms with Crippen molar-refractivity contribution in [1.29, 1.82) is 0 Å². The first kappa shape index (κ1) is 16.2. The number of hydrogen-bond donors (Lipinski definition) is 2. The summed E-state index contributed by atoms with van der Waals surface area (Å²) in [7, 11) is 1.69. The van der Waals surface area contributed by atoms with Crippen molar-refractivity contribution < 1.29 is 4.74 Å². The minimum Gasteiger partial charge on any atom is -0.382 e. The van der Waals surface area contributed by atoms with Crippen LogP contribution in [0.2, 0.25) is 0 Å². The molecule has 1 aliphatic heterocycles. The Bertz CT molecular complexity index is 860. The Morgan fingerprint density at radius 3 is 2.76 bits per heavy atom. The van der Waals surface area contributed by atoms with Crippen LogP contribution in [0.3, 0.4) is 0 Å². The topological polar surface area (TPSA) is 45.6 Å². The molecule has 0 aromatic heterocycles. The summed E-state index contributed by atoms with van der Waals surface area (Å²) in [5, 5.41) is 2.97. The van der Waals surface area contributed by atoms with Gasteiger partial charge in [-0.05, 0) is 41.7 Å². The zero-order chi connectivity index (χ0) is 17.2. The predicted octanol–water partition coefficient (Wildman–Crippen LogP) is 3.79. The number of fused-ring (bicyclic) bond motifs is 3. The third kappa shape index (κ3) is 3.30. The molecule has 2 N–H and O–H groups in total. The van der Waals surface area contributed by atoms with Crippen molar-refractivity contribution in [2.45, 2.75) is 19.4 Å². The lowest BCUT2D eigenvalue weighted by molar-refractivity contribution is 0.186. The van der Waals surface area contributed by atoms with Crippen molar-refractivity contribution in [3.8, 4) is 11.1 Å². The van der Waals surface area contributed by atoms with Gasteiger partial charge in [-0.3, -0.25) is 15.8 Å². The lowest BCUT2D eigenvalue weighted by Crippen LogP contribution is -2.37. The Morgan fingerprint density at radius 2 is 1.96 bits per heavy atom. The largest absolute Gasteiger partial charge is 0.382 e. The summed E-state index contributed by atoms with van der Waals surface area (Å²) < 4.78 is 5.13. The van der Waals surface area contributed by atoms with Crippen molar-refractivity contribution >= 4 is 22.6 Å². The molecule has 2 aromatic rings. The molecule has 25 heavy (non-hydrogen) atoms. The smallest absolute Gasteiger partial charge is 0.180 e.